The van der Waals surface area contributed by atoms with Crippen LogP contribution in [-0.4, -0.2) is 38.8 Å². The van der Waals surface area contributed by atoms with Gasteiger partial charge in [0.2, 0.25) is 5.91 Å². The van der Waals surface area contributed by atoms with Crippen LogP contribution in [0.4, 0.5) is 5.69 Å². The number of para-hydroxylation sites is 1. The number of thioether (sulfide) groups is 1. The van der Waals surface area contributed by atoms with Crippen molar-refractivity contribution in [2.75, 3.05) is 17.7 Å². The second-order valence-electron chi connectivity index (χ2n) is 5.81. The van der Waals surface area contributed by atoms with Gasteiger partial charge in [0, 0.05) is 0 Å². The number of benzene rings is 1. The number of carbonyl (C=O) groups excluding carboxylic acids is 2. The summed E-state index contributed by atoms with van der Waals surface area (Å²) in [5.41, 5.74) is 2.75. The zero-order valence-corrected chi connectivity index (χ0v) is 16.5. The van der Waals surface area contributed by atoms with E-state index in [4.69, 9.17) is 4.74 Å². The fourth-order valence-corrected chi connectivity index (χ4v) is 4.38. The zero-order valence-electron chi connectivity index (χ0n) is 14.9. The van der Waals surface area contributed by atoms with E-state index in [2.05, 4.69) is 15.5 Å². The molecule has 142 valence electrons. The minimum atomic E-state index is -0.463. The number of anilines is 1. The zero-order chi connectivity index (χ0) is 19.5. The first-order valence-electron chi connectivity index (χ1n) is 8.56. The lowest BCUT2D eigenvalue weighted by molar-refractivity contribution is -0.113. The van der Waals surface area contributed by atoms with E-state index in [9.17, 15) is 9.59 Å². The Kier molecular flexibility index (Phi) is 5.27. The van der Waals surface area contributed by atoms with Crippen molar-refractivity contribution in [3.05, 3.63) is 53.7 Å². The molecule has 0 saturated heterocycles. The summed E-state index contributed by atoms with van der Waals surface area (Å²) in [5, 5.41) is 13.7. The van der Waals surface area contributed by atoms with Crippen LogP contribution in [0.3, 0.4) is 0 Å². The van der Waals surface area contributed by atoms with E-state index in [-0.39, 0.29) is 18.3 Å². The summed E-state index contributed by atoms with van der Waals surface area (Å²) >= 11 is 2.95. The van der Waals surface area contributed by atoms with Crippen LogP contribution >= 0.6 is 23.1 Å². The molecule has 0 fully saturated rings. The molecule has 4 rings (SSSR count). The summed E-state index contributed by atoms with van der Waals surface area (Å²) in [6.45, 7) is 2.01. The SMILES string of the molecule is CCOC(=O)c1ccccc1NC(=O)CSc1nncn2c1cc1sccc12. The van der Waals surface area contributed by atoms with E-state index in [1.54, 1.807) is 48.9 Å². The van der Waals surface area contributed by atoms with Crippen LogP contribution in [0.25, 0.3) is 15.7 Å². The highest BCUT2D eigenvalue weighted by molar-refractivity contribution is 8.00. The van der Waals surface area contributed by atoms with Crippen molar-refractivity contribution < 1.29 is 14.3 Å². The average Bonchev–Trinajstić information content (AvgIpc) is 3.29. The minimum Gasteiger partial charge on any atom is -0.462 e. The number of fused-ring (bicyclic) bond motifs is 3. The normalized spacial score (nSPS) is 11.0. The van der Waals surface area contributed by atoms with Crippen LogP contribution in [0, 0.1) is 0 Å². The van der Waals surface area contributed by atoms with E-state index in [0.717, 1.165) is 15.7 Å². The molecule has 3 heterocycles. The molecule has 28 heavy (non-hydrogen) atoms. The molecule has 4 aromatic rings. The first kappa shape index (κ1) is 18.5. The number of nitrogens with one attached hydrogen (secondary N) is 1. The second-order valence-corrected chi connectivity index (χ2v) is 7.72. The number of hydrogen-bond acceptors (Lipinski definition) is 7. The molecule has 0 spiro atoms. The number of amides is 1. The third-order valence-electron chi connectivity index (χ3n) is 4.03. The van der Waals surface area contributed by atoms with Gasteiger partial charge in [-0.2, -0.15) is 0 Å². The van der Waals surface area contributed by atoms with Crippen molar-refractivity contribution in [1.82, 2.24) is 14.6 Å². The third kappa shape index (κ3) is 3.58. The molecule has 1 amide bonds. The fraction of sp³-hybridized carbons (Fsp3) is 0.158. The van der Waals surface area contributed by atoms with Gasteiger partial charge in [0.1, 0.15) is 11.4 Å². The summed E-state index contributed by atoms with van der Waals surface area (Å²) < 4.78 is 8.14. The van der Waals surface area contributed by atoms with E-state index < -0.39 is 5.97 Å². The maximum absolute atomic E-state index is 12.4. The Morgan fingerprint density at radius 2 is 2.11 bits per heavy atom. The Bertz CT molecular complexity index is 1170. The van der Waals surface area contributed by atoms with Crippen LogP contribution in [-0.2, 0) is 9.53 Å². The van der Waals surface area contributed by atoms with Crippen LogP contribution in [0.5, 0.6) is 0 Å². The first-order valence-corrected chi connectivity index (χ1v) is 10.4. The predicted octanol–water partition coefficient (Wildman–Crippen LogP) is 3.85. The van der Waals surface area contributed by atoms with Crippen LogP contribution < -0.4 is 5.32 Å². The molecule has 1 N–H and O–H groups in total. The molecule has 0 saturated carbocycles. The largest absolute Gasteiger partial charge is 0.462 e. The number of aromatic nitrogens is 3. The monoisotopic (exact) mass is 412 g/mol. The van der Waals surface area contributed by atoms with Gasteiger partial charge in [-0.05, 0) is 36.6 Å². The lowest BCUT2D eigenvalue weighted by Gasteiger charge is -2.10. The Balaban J connectivity index is 1.49. The van der Waals surface area contributed by atoms with Crippen molar-refractivity contribution in [3.63, 3.8) is 0 Å². The predicted molar refractivity (Wildman–Crippen MR) is 110 cm³/mol. The highest BCUT2D eigenvalue weighted by Gasteiger charge is 2.15. The van der Waals surface area contributed by atoms with Gasteiger partial charge in [-0.1, -0.05) is 23.9 Å². The van der Waals surface area contributed by atoms with Gasteiger partial charge in [0.05, 0.1) is 39.3 Å². The summed E-state index contributed by atoms with van der Waals surface area (Å²) in [5.74, 6) is -0.557. The summed E-state index contributed by atoms with van der Waals surface area (Å²) in [6.07, 6.45) is 1.67. The number of ether oxygens (including phenoxy) is 1. The van der Waals surface area contributed by atoms with E-state index in [1.165, 1.54) is 11.8 Å². The number of hydrogen-bond donors (Lipinski definition) is 1. The fourth-order valence-electron chi connectivity index (χ4n) is 2.82. The number of esters is 1. The maximum Gasteiger partial charge on any atom is 0.340 e. The van der Waals surface area contributed by atoms with Crippen molar-refractivity contribution in [3.8, 4) is 0 Å². The lowest BCUT2D eigenvalue weighted by atomic mass is 10.2. The molecule has 0 bridgehead atoms. The molecule has 0 aliphatic rings. The van der Waals surface area contributed by atoms with Crippen molar-refractivity contribution in [2.45, 2.75) is 11.9 Å². The Morgan fingerprint density at radius 3 is 2.96 bits per heavy atom. The van der Waals surface area contributed by atoms with E-state index in [1.807, 2.05) is 21.9 Å². The van der Waals surface area contributed by atoms with Crippen LogP contribution in [0.1, 0.15) is 17.3 Å². The molecule has 7 nitrogen and oxygen atoms in total. The molecule has 9 heteroatoms. The van der Waals surface area contributed by atoms with Gasteiger partial charge in [-0.3, -0.25) is 9.20 Å². The smallest absolute Gasteiger partial charge is 0.340 e. The Labute approximate surface area is 168 Å². The summed E-state index contributed by atoms with van der Waals surface area (Å²) in [6, 6.07) is 10.9. The van der Waals surface area contributed by atoms with E-state index in [0.29, 0.717) is 16.3 Å². The van der Waals surface area contributed by atoms with Crippen molar-refractivity contribution >= 4 is 56.4 Å². The molecule has 0 aliphatic carbocycles. The van der Waals surface area contributed by atoms with Gasteiger partial charge in [0.15, 0.2) is 0 Å². The highest BCUT2D eigenvalue weighted by Crippen LogP contribution is 2.29. The maximum atomic E-state index is 12.4. The standard InChI is InChI=1S/C19H16N4O3S2/c1-2-26-19(25)12-5-3-4-6-13(12)21-17(24)10-28-18-15-9-16-14(7-8-27-16)23(15)11-20-22-18/h3-9,11H,2,10H2,1H3,(H,21,24). The van der Waals surface area contributed by atoms with Gasteiger partial charge in [-0.25, -0.2) is 4.79 Å². The minimum absolute atomic E-state index is 0.143. The molecular weight excluding hydrogens is 396 g/mol. The van der Waals surface area contributed by atoms with Crippen LogP contribution in [0.15, 0.2) is 53.1 Å². The number of thiophene rings is 1. The lowest BCUT2D eigenvalue weighted by Crippen LogP contribution is -2.17. The number of nitrogens with zero attached hydrogens (tertiary/aromatic N) is 3. The molecule has 0 aliphatic heterocycles. The van der Waals surface area contributed by atoms with Crippen molar-refractivity contribution in [2.24, 2.45) is 0 Å². The molecule has 0 atom stereocenters. The topological polar surface area (TPSA) is 85.6 Å². The summed E-state index contributed by atoms with van der Waals surface area (Å²) in [7, 11) is 0. The number of rotatable bonds is 6. The van der Waals surface area contributed by atoms with Crippen LogP contribution in [0.2, 0.25) is 0 Å². The average molecular weight is 412 g/mol. The van der Waals surface area contributed by atoms with Crippen molar-refractivity contribution in [1.29, 1.82) is 0 Å². The molecule has 0 unspecified atom stereocenters. The molecule has 3 aromatic heterocycles. The quantitative estimate of drug-likeness (QED) is 0.382. The molecule has 0 radical (unpaired) electrons. The van der Waals surface area contributed by atoms with E-state index >= 15 is 0 Å². The van der Waals surface area contributed by atoms with Gasteiger partial charge in [-0.15, -0.1) is 21.5 Å². The second kappa shape index (κ2) is 7.99. The number of carbonyl (C=O) groups is 2. The van der Waals surface area contributed by atoms with Gasteiger partial charge in [0.25, 0.3) is 0 Å². The molecule has 1 aromatic carbocycles. The first-order chi connectivity index (χ1) is 13.7. The van der Waals surface area contributed by atoms with Gasteiger partial charge >= 0.3 is 5.97 Å². The Morgan fingerprint density at radius 1 is 1.25 bits per heavy atom. The van der Waals surface area contributed by atoms with Gasteiger partial charge < -0.3 is 10.1 Å². The molecular formula is C19H16N4O3S2. The third-order valence-corrected chi connectivity index (χ3v) is 5.86. The highest BCUT2D eigenvalue weighted by atomic mass is 32.2. The Hall–Kier alpha value is -2.91. The summed E-state index contributed by atoms with van der Waals surface area (Å²) in [4.78, 5) is 24.5.